The molecular formula is C12H13ClN2O2. The molecule has 1 N–H and O–H groups in total. The number of benzene rings is 1. The minimum absolute atomic E-state index is 0.307. The van der Waals surface area contributed by atoms with Crippen LogP contribution < -0.4 is 0 Å². The van der Waals surface area contributed by atoms with E-state index in [4.69, 9.17) is 16.1 Å². The monoisotopic (exact) mass is 252 g/mol. The fourth-order valence-corrected chi connectivity index (χ4v) is 1.66. The third kappa shape index (κ3) is 2.48. The Morgan fingerprint density at radius 3 is 2.94 bits per heavy atom. The van der Waals surface area contributed by atoms with Crippen LogP contribution in [0.25, 0.3) is 11.5 Å². The van der Waals surface area contributed by atoms with Gasteiger partial charge in [0.1, 0.15) is 6.10 Å². The second kappa shape index (κ2) is 4.85. The standard InChI is InChI=1S/C12H13ClN2O2/c1-3-10(16)11-14-12(17-15-11)9-6-8(13)5-4-7(9)2/h4-6,10,16H,3H2,1-2H3. The van der Waals surface area contributed by atoms with Gasteiger partial charge in [0.25, 0.3) is 5.89 Å². The maximum atomic E-state index is 9.60. The quantitative estimate of drug-likeness (QED) is 0.912. The molecule has 90 valence electrons. The maximum Gasteiger partial charge on any atom is 0.258 e. The normalized spacial score (nSPS) is 12.7. The number of halogens is 1. The minimum atomic E-state index is -0.688. The van der Waals surface area contributed by atoms with Crippen molar-refractivity contribution in [3.63, 3.8) is 0 Å². The van der Waals surface area contributed by atoms with Crippen molar-refractivity contribution >= 4 is 11.6 Å². The molecule has 2 aromatic rings. The van der Waals surface area contributed by atoms with Gasteiger partial charge in [0.15, 0.2) is 0 Å². The Labute approximate surface area is 104 Å². The van der Waals surface area contributed by atoms with Crippen molar-refractivity contribution in [2.24, 2.45) is 0 Å². The van der Waals surface area contributed by atoms with Crippen molar-refractivity contribution in [3.05, 3.63) is 34.6 Å². The van der Waals surface area contributed by atoms with Crippen LogP contribution in [0.5, 0.6) is 0 Å². The largest absolute Gasteiger partial charge is 0.385 e. The Morgan fingerprint density at radius 2 is 2.24 bits per heavy atom. The molecule has 0 radical (unpaired) electrons. The zero-order valence-electron chi connectivity index (χ0n) is 9.64. The number of rotatable bonds is 3. The Kier molecular flexibility index (Phi) is 3.45. The topological polar surface area (TPSA) is 59.2 Å². The van der Waals surface area contributed by atoms with Crippen LogP contribution in [0.3, 0.4) is 0 Å². The van der Waals surface area contributed by atoms with Crippen molar-refractivity contribution in [2.75, 3.05) is 0 Å². The van der Waals surface area contributed by atoms with E-state index in [9.17, 15) is 5.11 Å². The number of aliphatic hydroxyl groups is 1. The lowest BCUT2D eigenvalue weighted by molar-refractivity contribution is 0.159. The molecular weight excluding hydrogens is 240 g/mol. The van der Waals surface area contributed by atoms with Crippen molar-refractivity contribution in [1.82, 2.24) is 10.1 Å². The van der Waals surface area contributed by atoms with Crippen molar-refractivity contribution in [3.8, 4) is 11.5 Å². The zero-order chi connectivity index (χ0) is 12.4. The molecule has 1 atom stereocenters. The third-order valence-corrected chi connectivity index (χ3v) is 2.79. The van der Waals surface area contributed by atoms with Gasteiger partial charge in [-0.05, 0) is 31.0 Å². The summed E-state index contributed by atoms with van der Waals surface area (Å²) in [5, 5.41) is 14.0. The number of aryl methyl sites for hydroxylation is 1. The van der Waals surface area contributed by atoms with E-state index in [2.05, 4.69) is 10.1 Å². The molecule has 1 aromatic heterocycles. The summed E-state index contributed by atoms with van der Waals surface area (Å²) in [6, 6.07) is 5.46. The van der Waals surface area contributed by atoms with Gasteiger partial charge in [-0.15, -0.1) is 0 Å². The van der Waals surface area contributed by atoms with E-state index < -0.39 is 6.10 Å². The van der Waals surface area contributed by atoms with Gasteiger partial charge in [0, 0.05) is 10.6 Å². The van der Waals surface area contributed by atoms with Gasteiger partial charge in [-0.25, -0.2) is 0 Å². The average molecular weight is 253 g/mol. The molecule has 0 aliphatic carbocycles. The lowest BCUT2D eigenvalue weighted by Crippen LogP contribution is -1.97. The van der Waals surface area contributed by atoms with Crippen LogP contribution in [0.4, 0.5) is 0 Å². The smallest absolute Gasteiger partial charge is 0.258 e. The van der Waals surface area contributed by atoms with Crippen molar-refractivity contribution in [2.45, 2.75) is 26.4 Å². The molecule has 17 heavy (non-hydrogen) atoms. The molecule has 0 aliphatic heterocycles. The second-order valence-corrected chi connectivity index (χ2v) is 4.28. The van der Waals surface area contributed by atoms with Gasteiger partial charge < -0.3 is 9.63 Å². The second-order valence-electron chi connectivity index (χ2n) is 3.84. The van der Waals surface area contributed by atoms with E-state index in [1.54, 1.807) is 12.1 Å². The molecule has 0 amide bonds. The highest BCUT2D eigenvalue weighted by atomic mass is 35.5. The summed E-state index contributed by atoms with van der Waals surface area (Å²) in [4.78, 5) is 4.17. The average Bonchev–Trinajstić information content (AvgIpc) is 2.80. The minimum Gasteiger partial charge on any atom is -0.385 e. The summed E-state index contributed by atoms with van der Waals surface area (Å²) in [6.45, 7) is 3.79. The molecule has 0 bridgehead atoms. The van der Waals surface area contributed by atoms with E-state index in [0.29, 0.717) is 23.2 Å². The van der Waals surface area contributed by atoms with Crippen LogP contribution in [0.15, 0.2) is 22.7 Å². The summed E-state index contributed by atoms with van der Waals surface area (Å²) in [5.41, 5.74) is 1.79. The third-order valence-electron chi connectivity index (χ3n) is 2.56. The van der Waals surface area contributed by atoms with Crippen molar-refractivity contribution in [1.29, 1.82) is 0 Å². The first-order chi connectivity index (χ1) is 8.11. The molecule has 5 heteroatoms. The lowest BCUT2D eigenvalue weighted by atomic mass is 10.1. The maximum absolute atomic E-state index is 9.60. The molecule has 4 nitrogen and oxygen atoms in total. The molecule has 1 unspecified atom stereocenters. The van der Waals surface area contributed by atoms with Gasteiger partial charge >= 0.3 is 0 Å². The van der Waals surface area contributed by atoms with Crippen LogP contribution in [-0.4, -0.2) is 15.2 Å². The van der Waals surface area contributed by atoms with Crippen LogP contribution >= 0.6 is 11.6 Å². The Bertz CT molecular complexity index is 525. The molecule has 0 saturated carbocycles. The summed E-state index contributed by atoms with van der Waals surface area (Å²) in [5.74, 6) is 0.689. The summed E-state index contributed by atoms with van der Waals surface area (Å²) in [6.07, 6.45) is -0.139. The predicted molar refractivity (Wildman–Crippen MR) is 64.7 cm³/mol. The number of aromatic nitrogens is 2. The first-order valence-corrected chi connectivity index (χ1v) is 5.77. The molecule has 0 aliphatic rings. The fourth-order valence-electron chi connectivity index (χ4n) is 1.49. The van der Waals surface area contributed by atoms with E-state index >= 15 is 0 Å². The van der Waals surface area contributed by atoms with Crippen LogP contribution in [0.1, 0.15) is 30.8 Å². The number of hydrogen-bond acceptors (Lipinski definition) is 4. The molecule has 1 aromatic carbocycles. The van der Waals surface area contributed by atoms with Crippen LogP contribution in [0.2, 0.25) is 5.02 Å². The number of nitrogens with zero attached hydrogens (tertiary/aromatic N) is 2. The lowest BCUT2D eigenvalue weighted by Gasteiger charge is -2.01. The Balaban J connectivity index is 2.40. The van der Waals surface area contributed by atoms with E-state index in [-0.39, 0.29) is 0 Å². The van der Waals surface area contributed by atoms with E-state index in [1.807, 2.05) is 19.9 Å². The highest BCUT2D eigenvalue weighted by Gasteiger charge is 2.16. The predicted octanol–water partition coefficient (Wildman–Crippen LogP) is 3.14. The van der Waals surface area contributed by atoms with E-state index in [1.165, 1.54) is 0 Å². The van der Waals surface area contributed by atoms with Crippen molar-refractivity contribution < 1.29 is 9.63 Å². The summed E-state index contributed by atoms with van der Waals surface area (Å²) >= 11 is 5.92. The summed E-state index contributed by atoms with van der Waals surface area (Å²) < 4.78 is 5.13. The van der Waals surface area contributed by atoms with Gasteiger partial charge in [-0.2, -0.15) is 4.98 Å². The van der Waals surface area contributed by atoms with E-state index in [0.717, 1.165) is 11.1 Å². The first-order valence-electron chi connectivity index (χ1n) is 5.40. The molecule has 0 fully saturated rings. The molecule has 1 heterocycles. The van der Waals surface area contributed by atoms with Crippen LogP contribution in [-0.2, 0) is 0 Å². The van der Waals surface area contributed by atoms with Crippen LogP contribution in [0, 0.1) is 6.92 Å². The number of aliphatic hydroxyl groups excluding tert-OH is 1. The zero-order valence-corrected chi connectivity index (χ0v) is 10.4. The highest BCUT2D eigenvalue weighted by Crippen LogP contribution is 2.26. The highest BCUT2D eigenvalue weighted by molar-refractivity contribution is 6.30. The Hall–Kier alpha value is -1.39. The van der Waals surface area contributed by atoms with Gasteiger partial charge in [0.05, 0.1) is 0 Å². The number of hydrogen-bond donors (Lipinski definition) is 1. The molecule has 0 saturated heterocycles. The Morgan fingerprint density at radius 1 is 1.47 bits per heavy atom. The SMILES string of the molecule is CCC(O)c1noc(-c2cc(Cl)ccc2C)n1. The molecule has 0 spiro atoms. The fraction of sp³-hybridized carbons (Fsp3) is 0.333. The van der Waals surface area contributed by atoms with Gasteiger partial charge in [-0.3, -0.25) is 0 Å². The molecule has 2 rings (SSSR count). The van der Waals surface area contributed by atoms with Gasteiger partial charge in [0.2, 0.25) is 5.82 Å². The summed E-state index contributed by atoms with van der Waals surface area (Å²) in [7, 11) is 0. The first kappa shape index (κ1) is 12.1. The van der Waals surface area contributed by atoms with Gasteiger partial charge in [-0.1, -0.05) is 29.7 Å².